The molecule has 1 aromatic heterocycles. The predicted octanol–water partition coefficient (Wildman–Crippen LogP) is 3.10. The van der Waals surface area contributed by atoms with Gasteiger partial charge < -0.3 is 14.2 Å². The Morgan fingerprint density at radius 3 is 2.26 bits per heavy atom. The minimum Gasteiger partial charge on any atom is -0.412 e. The van der Waals surface area contributed by atoms with Gasteiger partial charge in [0, 0.05) is 50.5 Å². The van der Waals surface area contributed by atoms with Gasteiger partial charge in [-0.3, -0.25) is 4.79 Å². The van der Waals surface area contributed by atoms with Gasteiger partial charge in [0.1, 0.15) is 0 Å². The third-order valence-electron chi connectivity index (χ3n) is 6.90. The minimum absolute atomic E-state index is 0.0612. The zero-order valence-electron chi connectivity index (χ0n) is 20.0. The molecule has 9 nitrogen and oxygen atoms in total. The topological polar surface area (TPSA) is 99.8 Å². The van der Waals surface area contributed by atoms with Gasteiger partial charge in [-0.15, -0.1) is 10.2 Å². The molecule has 1 amide bonds. The van der Waals surface area contributed by atoms with Crippen molar-refractivity contribution in [1.82, 2.24) is 19.4 Å². The molecule has 5 rings (SSSR count). The van der Waals surface area contributed by atoms with Crippen molar-refractivity contribution in [3.63, 3.8) is 0 Å². The van der Waals surface area contributed by atoms with Gasteiger partial charge in [-0.25, -0.2) is 8.42 Å². The Morgan fingerprint density at radius 2 is 1.57 bits per heavy atom. The Labute approximate surface area is 205 Å². The molecule has 0 spiro atoms. The first-order valence-electron chi connectivity index (χ1n) is 11.9. The van der Waals surface area contributed by atoms with Crippen molar-refractivity contribution in [3.8, 4) is 11.5 Å². The highest BCUT2D eigenvalue weighted by Gasteiger charge is 2.29. The molecule has 2 aliphatic heterocycles. The van der Waals surface area contributed by atoms with Crippen LogP contribution in [0.3, 0.4) is 0 Å². The number of hydrogen-bond donors (Lipinski definition) is 0. The van der Waals surface area contributed by atoms with E-state index in [9.17, 15) is 13.2 Å². The first-order valence-corrected chi connectivity index (χ1v) is 13.3. The van der Waals surface area contributed by atoms with E-state index in [1.807, 2.05) is 0 Å². The number of carbonyl (C=O) groups is 1. The van der Waals surface area contributed by atoms with Crippen molar-refractivity contribution in [3.05, 3.63) is 59.5 Å². The van der Waals surface area contributed by atoms with Gasteiger partial charge in [0.25, 0.3) is 0 Å². The van der Waals surface area contributed by atoms with Crippen LogP contribution in [0, 0.1) is 13.8 Å². The lowest BCUT2D eigenvalue weighted by atomic mass is 10.1. The van der Waals surface area contributed by atoms with Crippen molar-refractivity contribution in [2.45, 2.75) is 31.6 Å². The van der Waals surface area contributed by atoms with E-state index >= 15 is 0 Å². The molecule has 0 radical (unpaired) electrons. The van der Waals surface area contributed by atoms with Gasteiger partial charge in [0.05, 0.1) is 4.90 Å². The molecule has 184 valence electrons. The second kappa shape index (κ2) is 9.43. The summed E-state index contributed by atoms with van der Waals surface area (Å²) in [6, 6.07) is 12.6. The molecule has 2 saturated heterocycles. The van der Waals surface area contributed by atoms with Crippen molar-refractivity contribution < 1.29 is 17.6 Å². The summed E-state index contributed by atoms with van der Waals surface area (Å²) in [5.74, 6) is -0.168. The number of sulfonamides is 1. The summed E-state index contributed by atoms with van der Waals surface area (Å²) in [6.07, 6.45) is 1.77. The highest BCUT2D eigenvalue weighted by Crippen LogP contribution is 2.26. The second-order valence-electron chi connectivity index (χ2n) is 9.05. The van der Waals surface area contributed by atoms with Crippen LogP contribution in [0.25, 0.3) is 11.5 Å². The van der Waals surface area contributed by atoms with Gasteiger partial charge in [-0.05, 0) is 68.1 Å². The highest BCUT2D eigenvalue weighted by molar-refractivity contribution is 7.89. The zero-order valence-corrected chi connectivity index (χ0v) is 20.8. The van der Waals surface area contributed by atoms with Crippen LogP contribution in [0.15, 0.2) is 51.8 Å². The number of piperazine rings is 1. The molecule has 0 saturated carbocycles. The average molecular weight is 496 g/mol. The number of anilines is 1. The lowest BCUT2D eigenvalue weighted by Crippen LogP contribution is -2.49. The quantitative estimate of drug-likeness (QED) is 0.536. The molecule has 0 N–H and O–H groups in total. The summed E-state index contributed by atoms with van der Waals surface area (Å²) in [6.45, 7) is 7.91. The van der Waals surface area contributed by atoms with Crippen molar-refractivity contribution in [1.29, 1.82) is 0 Å². The Bertz CT molecular complexity index is 1320. The van der Waals surface area contributed by atoms with Crippen LogP contribution in [0.5, 0.6) is 0 Å². The molecule has 0 bridgehead atoms. The molecule has 2 aromatic carbocycles. The number of aryl methyl sites for hydroxylation is 1. The number of carbonyl (C=O) groups excluding carboxylic acids is 1. The summed E-state index contributed by atoms with van der Waals surface area (Å²) in [5, 5.41) is 7.98. The summed E-state index contributed by atoms with van der Waals surface area (Å²) in [4.78, 5) is 17.2. The van der Waals surface area contributed by atoms with E-state index in [2.05, 4.69) is 47.1 Å². The van der Waals surface area contributed by atoms with E-state index in [-0.39, 0.29) is 22.6 Å². The molecule has 2 aliphatic rings. The van der Waals surface area contributed by atoms with E-state index in [4.69, 9.17) is 4.42 Å². The average Bonchev–Trinajstić information content (AvgIpc) is 3.59. The lowest BCUT2D eigenvalue weighted by molar-refractivity contribution is 0.0707. The predicted molar refractivity (Wildman–Crippen MR) is 132 cm³/mol. The first-order chi connectivity index (χ1) is 16.8. The van der Waals surface area contributed by atoms with Crippen LogP contribution in [-0.4, -0.2) is 73.0 Å². The third-order valence-corrected chi connectivity index (χ3v) is 8.81. The van der Waals surface area contributed by atoms with Crippen LogP contribution in [-0.2, 0) is 10.0 Å². The van der Waals surface area contributed by atoms with E-state index in [0.29, 0.717) is 31.7 Å². The largest absolute Gasteiger partial charge is 0.412 e. The summed E-state index contributed by atoms with van der Waals surface area (Å²) >= 11 is 0. The maximum absolute atomic E-state index is 13.0. The number of aromatic nitrogens is 2. The summed E-state index contributed by atoms with van der Waals surface area (Å²) in [5.41, 5.74) is 4.28. The van der Waals surface area contributed by atoms with Crippen molar-refractivity contribution in [2.75, 3.05) is 44.2 Å². The molecular formula is C25H29N5O4S. The van der Waals surface area contributed by atoms with Crippen LogP contribution in [0.2, 0.25) is 0 Å². The lowest BCUT2D eigenvalue weighted by Gasteiger charge is -2.36. The Hall–Kier alpha value is -3.24. The fraction of sp³-hybridized carbons (Fsp3) is 0.400. The minimum atomic E-state index is -3.49. The molecular weight excluding hydrogens is 466 g/mol. The van der Waals surface area contributed by atoms with E-state index in [0.717, 1.165) is 25.9 Å². The molecule has 0 unspecified atom stereocenters. The second-order valence-corrected chi connectivity index (χ2v) is 11.0. The molecule has 35 heavy (non-hydrogen) atoms. The zero-order chi connectivity index (χ0) is 24.6. The molecule has 3 aromatic rings. The number of rotatable bonds is 5. The van der Waals surface area contributed by atoms with Gasteiger partial charge in [0.15, 0.2) is 0 Å². The van der Waals surface area contributed by atoms with Crippen molar-refractivity contribution >= 4 is 21.6 Å². The maximum atomic E-state index is 13.0. The number of benzene rings is 2. The van der Waals surface area contributed by atoms with Crippen molar-refractivity contribution in [2.24, 2.45) is 0 Å². The van der Waals surface area contributed by atoms with Crippen LogP contribution in [0.1, 0.15) is 34.7 Å². The molecule has 0 aliphatic carbocycles. The number of amides is 1. The van der Waals surface area contributed by atoms with Crippen LogP contribution >= 0.6 is 0 Å². The van der Waals surface area contributed by atoms with E-state index < -0.39 is 10.0 Å². The Morgan fingerprint density at radius 1 is 0.886 bits per heavy atom. The van der Waals surface area contributed by atoms with Gasteiger partial charge >= 0.3 is 11.8 Å². The molecule has 3 heterocycles. The molecule has 2 fully saturated rings. The molecule has 0 atom stereocenters. The summed E-state index contributed by atoms with van der Waals surface area (Å²) < 4.78 is 32.6. The number of nitrogens with zero attached hydrogens (tertiary/aromatic N) is 5. The summed E-state index contributed by atoms with van der Waals surface area (Å²) in [7, 11) is -3.49. The smallest absolute Gasteiger partial charge is 0.311 e. The fourth-order valence-electron chi connectivity index (χ4n) is 4.64. The Balaban J connectivity index is 1.24. The van der Waals surface area contributed by atoms with E-state index in [1.165, 1.54) is 21.1 Å². The SMILES string of the molecule is Cc1cccc(N2CCN(C(=O)c3nnc(-c4ccc(S(=O)(=O)N5CCCC5)cc4)o3)CC2)c1C. The van der Waals surface area contributed by atoms with E-state index in [1.54, 1.807) is 29.2 Å². The van der Waals surface area contributed by atoms with Gasteiger partial charge in [0.2, 0.25) is 15.9 Å². The van der Waals surface area contributed by atoms with Gasteiger partial charge in [-0.2, -0.15) is 4.31 Å². The number of hydrogen-bond acceptors (Lipinski definition) is 7. The van der Waals surface area contributed by atoms with Crippen LogP contribution < -0.4 is 4.90 Å². The molecule has 10 heteroatoms. The third kappa shape index (κ3) is 4.55. The monoisotopic (exact) mass is 495 g/mol. The Kier molecular flexibility index (Phi) is 6.33. The maximum Gasteiger partial charge on any atom is 0.311 e. The highest BCUT2D eigenvalue weighted by atomic mass is 32.2. The van der Waals surface area contributed by atoms with Gasteiger partial charge in [-0.1, -0.05) is 12.1 Å². The normalized spacial score (nSPS) is 17.2. The van der Waals surface area contributed by atoms with Crippen LogP contribution in [0.4, 0.5) is 5.69 Å². The fourth-order valence-corrected chi connectivity index (χ4v) is 6.15. The first kappa shape index (κ1) is 23.5. The standard InChI is InChI=1S/C25H29N5O4S/c1-18-6-5-7-22(19(18)2)28-14-16-29(17-15-28)25(31)24-27-26-23(34-24)20-8-10-21(11-9-20)35(32,33)30-12-3-4-13-30/h5-11H,3-4,12-17H2,1-2H3.